The number of carbonyl (C=O) groups is 2. The minimum Gasteiger partial charge on any atom is -0.872 e. The zero-order valence-electron chi connectivity index (χ0n) is 19.6. The summed E-state index contributed by atoms with van der Waals surface area (Å²) in [5.74, 6) is -0.899. The Morgan fingerprint density at radius 2 is 1.75 bits per heavy atom. The maximum absolute atomic E-state index is 13.6. The largest absolute Gasteiger partial charge is 0.872 e. The van der Waals surface area contributed by atoms with Crippen molar-refractivity contribution in [3.63, 3.8) is 0 Å². The molecular formula is C29H24N2O5. The van der Waals surface area contributed by atoms with Crippen LogP contribution in [-0.2, 0) is 22.7 Å². The number of likely N-dealkylation sites (tertiary alicyclic amines) is 1. The van der Waals surface area contributed by atoms with Crippen LogP contribution in [0.4, 0.5) is 0 Å². The van der Waals surface area contributed by atoms with Crippen LogP contribution in [0.3, 0.4) is 0 Å². The lowest BCUT2D eigenvalue weighted by Gasteiger charge is -2.26. The second-order valence-electron chi connectivity index (χ2n) is 8.56. The molecule has 0 spiro atoms. The van der Waals surface area contributed by atoms with E-state index < -0.39 is 23.5 Å². The number of hydrogen-bond acceptors (Lipinski definition) is 5. The molecule has 0 radical (unpaired) electrons. The lowest BCUT2D eigenvalue weighted by atomic mass is 9.96. The lowest BCUT2D eigenvalue weighted by Crippen LogP contribution is -2.29. The summed E-state index contributed by atoms with van der Waals surface area (Å²) in [6.07, 6.45) is 4.88. The van der Waals surface area contributed by atoms with Crippen molar-refractivity contribution in [2.45, 2.75) is 26.1 Å². The van der Waals surface area contributed by atoms with E-state index in [0.29, 0.717) is 29.2 Å². The van der Waals surface area contributed by atoms with Gasteiger partial charge in [-0.2, -0.15) is 0 Å². The third kappa shape index (κ3) is 4.51. The third-order valence-corrected chi connectivity index (χ3v) is 6.27. The predicted octanol–water partition coefficient (Wildman–Crippen LogP) is 3.41. The number of H-pyrrole nitrogens is 1. The Bertz CT molecular complexity index is 1410. The van der Waals surface area contributed by atoms with E-state index in [1.807, 2.05) is 31.2 Å². The Balaban J connectivity index is 1.46. The molecule has 1 saturated heterocycles. The van der Waals surface area contributed by atoms with Gasteiger partial charge in [0.2, 0.25) is 5.78 Å². The van der Waals surface area contributed by atoms with Gasteiger partial charge >= 0.3 is 0 Å². The van der Waals surface area contributed by atoms with Crippen molar-refractivity contribution in [2.75, 3.05) is 0 Å². The van der Waals surface area contributed by atoms with Crippen molar-refractivity contribution in [3.8, 4) is 5.75 Å². The quantitative estimate of drug-likeness (QED) is 0.229. The minimum absolute atomic E-state index is 0.0727. The number of aryl methyl sites for hydroxylation is 1. The number of furan rings is 1. The number of carbonyl (C=O) groups excluding carboxylic acids is 2. The first-order valence-corrected chi connectivity index (χ1v) is 11.6. The van der Waals surface area contributed by atoms with E-state index in [1.54, 1.807) is 60.9 Å². The number of ketones is 1. The Morgan fingerprint density at radius 3 is 2.44 bits per heavy atom. The first kappa shape index (κ1) is 23.1. The van der Waals surface area contributed by atoms with Crippen LogP contribution in [0.25, 0.3) is 5.76 Å². The van der Waals surface area contributed by atoms with Crippen LogP contribution < -0.4 is 14.8 Å². The van der Waals surface area contributed by atoms with Crippen molar-refractivity contribution in [2.24, 2.45) is 0 Å². The van der Waals surface area contributed by atoms with Gasteiger partial charge in [-0.15, -0.1) is 0 Å². The summed E-state index contributed by atoms with van der Waals surface area (Å²) in [7, 11) is 0. The summed E-state index contributed by atoms with van der Waals surface area (Å²) in [5.41, 5.74) is 3.09. The van der Waals surface area contributed by atoms with Gasteiger partial charge < -0.3 is 19.2 Å². The molecule has 4 aromatic rings. The van der Waals surface area contributed by atoms with Gasteiger partial charge in [0, 0.05) is 17.7 Å². The summed E-state index contributed by atoms with van der Waals surface area (Å²) in [6.45, 7) is 2.50. The number of aromatic amines is 1. The van der Waals surface area contributed by atoms with Gasteiger partial charge in [-0.3, -0.25) is 9.59 Å². The smallest absolute Gasteiger partial charge is 0.295 e. The molecular weight excluding hydrogens is 456 g/mol. The second kappa shape index (κ2) is 9.92. The first-order valence-electron chi connectivity index (χ1n) is 11.6. The molecule has 0 aliphatic carbocycles. The Morgan fingerprint density at radius 1 is 1.00 bits per heavy atom. The molecule has 3 heterocycles. The van der Waals surface area contributed by atoms with Crippen molar-refractivity contribution < 1.29 is 28.8 Å². The van der Waals surface area contributed by atoms with Crippen LogP contribution in [0.1, 0.15) is 34.1 Å². The fourth-order valence-corrected chi connectivity index (χ4v) is 4.32. The fraction of sp³-hybridized carbons (Fsp3) is 0.138. The third-order valence-electron chi connectivity index (χ3n) is 6.27. The van der Waals surface area contributed by atoms with Crippen molar-refractivity contribution in [3.05, 3.63) is 125 Å². The molecule has 0 saturated carbocycles. The molecule has 36 heavy (non-hydrogen) atoms. The number of nitrogens with one attached hydrogen (secondary N) is 1. The summed E-state index contributed by atoms with van der Waals surface area (Å²) >= 11 is 0. The number of Topliss-reactive ketones (excluding diaryl/α,β-unsaturated/α-hetero) is 1. The predicted molar refractivity (Wildman–Crippen MR) is 129 cm³/mol. The Labute approximate surface area is 208 Å². The molecule has 1 unspecified atom stereocenters. The summed E-state index contributed by atoms with van der Waals surface area (Å²) < 4.78 is 11.3. The Hall–Kier alpha value is -4.65. The van der Waals surface area contributed by atoms with Crippen LogP contribution in [-0.4, -0.2) is 16.6 Å². The number of hydrogen-bond donors (Lipinski definition) is 0. The number of ether oxygens (including phenoxy) is 1. The molecule has 1 N–H and O–H groups in total. The molecule has 2 aromatic carbocycles. The monoisotopic (exact) mass is 480 g/mol. The SMILES string of the molecule is Cc1ccccc1COc1ccc(C([O-])=C2C(=O)C(=O)N(Cc3ccco3)C2c2cc[nH+]cc2)cc1. The van der Waals surface area contributed by atoms with E-state index in [4.69, 9.17) is 9.15 Å². The standard InChI is InChI=1S/C29H24N2O5/c1-19-5-2-3-6-22(19)18-36-23-10-8-21(9-11-23)27(32)25-26(20-12-14-30-15-13-20)31(29(34)28(25)33)17-24-7-4-16-35-24/h2-16,26,32H,17-18H2,1H3. The molecule has 180 valence electrons. The van der Waals surface area contributed by atoms with Crippen molar-refractivity contribution >= 4 is 17.4 Å². The molecule has 1 atom stereocenters. The average Bonchev–Trinajstić information content (AvgIpc) is 3.51. The van der Waals surface area contributed by atoms with Crippen LogP contribution in [0, 0.1) is 6.92 Å². The molecule has 1 aliphatic rings. The molecule has 1 fully saturated rings. The van der Waals surface area contributed by atoms with Crippen LogP contribution in [0.2, 0.25) is 0 Å². The number of benzene rings is 2. The van der Waals surface area contributed by atoms with Gasteiger partial charge in [0.05, 0.1) is 18.8 Å². The number of rotatable bonds is 7. The van der Waals surface area contributed by atoms with Gasteiger partial charge in [0.25, 0.3) is 5.91 Å². The molecule has 0 bridgehead atoms. The summed E-state index contributed by atoms with van der Waals surface area (Å²) in [5, 5.41) is 13.6. The highest BCUT2D eigenvalue weighted by molar-refractivity contribution is 6.46. The molecule has 1 amide bonds. The van der Waals surface area contributed by atoms with E-state index >= 15 is 0 Å². The van der Waals surface area contributed by atoms with Gasteiger partial charge in [-0.1, -0.05) is 42.2 Å². The zero-order valence-corrected chi connectivity index (χ0v) is 19.6. The molecule has 5 rings (SSSR count). The van der Waals surface area contributed by atoms with Gasteiger partial charge in [-0.05, 0) is 53.4 Å². The topological polar surface area (TPSA) is 97.0 Å². The van der Waals surface area contributed by atoms with E-state index in [0.717, 1.165) is 11.1 Å². The van der Waals surface area contributed by atoms with E-state index in [9.17, 15) is 14.7 Å². The van der Waals surface area contributed by atoms with Crippen LogP contribution >= 0.6 is 0 Å². The number of pyridine rings is 1. The van der Waals surface area contributed by atoms with Crippen molar-refractivity contribution in [1.82, 2.24) is 4.90 Å². The number of amides is 1. The highest BCUT2D eigenvalue weighted by Gasteiger charge is 2.44. The first-order chi connectivity index (χ1) is 17.5. The average molecular weight is 481 g/mol. The molecule has 2 aromatic heterocycles. The summed E-state index contributed by atoms with van der Waals surface area (Å²) in [6, 6.07) is 20.7. The maximum atomic E-state index is 13.6. The fourth-order valence-electron chi connectivity index (χ4n) is 4.32. The minimum atomic E-state index is -0.825. The normalized spacial score (nSPS) is 16.9. The number of aromatic nitrogens is 1. The van der Waals surface area contributed by atoms with Gasteiger partial charge in [0.1, 0.15) is 18.1 Å². The molecule has 1 aliphatic heterocycles. The molecule has 7 heteroatoms. The zero-order chi connectivity index (χ0) is 25.1. The van der Waals surface area contributed by atoms with Gasteiger partial charge in [-0.25, -0.2) is 4.98 Å². The van der Waals surface area contributed by atoms with Crippen LogP contribution in [0.15, 0.2) is 101 Å². The number of nitrogens with zero attached hydrogens (tertiary/aromatic N) is 1. The highest BCUT2D eigenvalue weighted by Crippen LogP contribution is 2.39. The van der Waals surface area contributed by atoms with E-state index in [-0.39, 0.29) is 12.1 Å². The molecule has 7 nitrogen and oxygen atoms in total. The van der Waals surface area contributed by atoms with E-state index in [1.165, 1.54) is 11.2 Å². The highest BCUT2D eigenvalue weighted by atomic mass is 16.5. The Kier molecular flexibility index (Phi) is 6.36. The maximum Gasteiger partial charge on any atom is 0.295 e. The van der Waals surface area contributed by atoms with Crippen LogP contribution in [0.5, 0.6) is 5.75 Å². The lowest BCUT2D eigenvalue weighted by molar-refractivity contribution is -0.378. The van der Waals surface area contributed by atoms with Crippen molar-refractivity contribution in [1.29, 1.82) is 0 Å². The van der Waals surface area contributed by atoms with Gasteiger partial charge in [0.15, 0.2) is 12.4 Å². The van der Waals surface area contributed by atoms with E-state index in [2.05, 4.69) is 4.98 Å². The second-order valence-corrected chi connectivity index (χ2v) is 8.56. The summed E-state index contributed by atoms with van der Waals surface area (Å²) in [4.78, 5) is 30.4.